The van der Waals surface area contributed by atoms with Crippen LogP contribution in [0.4, 0.5) is 23.7 Å². The second-order valence-corrected chi connectivity index (χ2v) is 6.93. The Morgan fingerprint density at radius 3 is 2.39 bits per heavy atom. The van der Waals surface area contributed by atoms with Crippen molar-refractivity contribution in [1.29, 1.82) is 0 Å². The number of halogens is 4. The molecule has 2 aromatic carbocycles. The van der Waals surface area contributed by atoms with Gasteiger partial charge in [0.05, 0.1) is 30.0 Å². The minimum absolute atomic E-state index is 0.108. The fourth-order valence-electron chi connectivity index (χ4n) is 2.99. The second-order valence-electron chi connectivity index (χ2n) is 6.50. The van der Waals surface area contributed by atoms with Gasteiger partial charge in [-0.1, -0.05) is 11.6 Å². The SMILES string of the molecule is COC(=O)c1cc(C2=CC=NC2C)c(C(F)(F)F)cc1NC(=O)Oc1ccc(Cl)cc1. The largest absolute Gasteiger partial charge is 0.465 e. The molecule has 3 rings (SSSR count). The van der Waals surface area contributed by atoms with E-state index in [0.717, 1.165) is 13.2 Å². The molecule has 0 bridgehead atoms. The molecule has 1 aliphatic heterocycles. The second kappa shape index (κ2) is 8.81. The third kappa shape index (κ3) is 5.05. The summed E-state index contributed by atoms with van der Waals surface area (Å²) in [5, 5.41) is 2.59. The minimum Gasteiger partial charge on any atom is -0.465 e. The molecule has 10 heteroatoms. The topological polar surface area (TPSA) is 77.0 Å². The van der Waals surface area contributed by atoms with E-state index in [4.69, 9.17) is 16.3 Å². The molecule has 0 spiro atoms. The van der Waals surface area contributed by atoms with Crippen LogP contribution in [0.5, 0.6) is 5.75 Å². The number of nitrogens with zero attached hydrogens (tertiary/aromatic N) is 1. The number of rotatable bonds is 4. The van der Waals surface area contributed by atoms with Gasteiger partial charge in [0.1, 0.15) is 5.75 Å². The average Bonchev–Trinajstić information content (AvgIpc) is 3.14. The van der Waals surface area contributed by atoms with Crippen LogP contribution < -0.4 is 10.1 Å². The molecule has 162 valence electrons. The Morgan fingerprint density at radius 1 is 1.16 bits per heavy atom. The molecular formula is C21H16ClF3N2O4. The van der Waals surface area contributed by atoms with Crippen molar-refractivity contribution in [2.45, 2.75) is 19.1 Å². The first-order valence-corrected chi connectivity index (χ1v) is 9.29. The number of alkyl halides is 3. The maximum absolute atomic E-state index is 13.8. The highest BCUT2D eigenvalue weighted by Crippen LogP contribution is 2.40. The predicted molar refractivity (Wildman–Crippen MR) is 110 cm³/mol. The zero-order valence-corrected chi connectivity index (χ0v) is 17.0. The summed E-state index contributed by atoms with van der Waals surface area (Å²) < 4.78 is 51.1. The Balaban J connectivity index is 2.02. The maximum Gasteiger partial charge on any atom is 0.417 e. The van der Waals surface area contributed by atoms with Gasteiger partial charge >= 0.3 is 18.2 Å². The Morgan fingerprint density at radius 2 is 1.84 bits per heavy atom. The number of amides is 1. The summed E-state index contributed by atoms with van der Waals surface area (Å²) in [4.78, 5) is 28.5. The van der Waals surface area contributed by atoms with Gasteiger partial charge < -0.3 is 9.47 Å². The normalized spacial score (nSPS) is 15.4. The van der Waals surface area contributed by atoms with Crippen molar-refractivity contribution in [1.82, 2.24) is 0 Å². The zero-order chi connectivity index (χ0) is 22.8. The van der Waals surface area contributed by atoms with Crippen LogP contribution in [0.1, 0.15) is 28.4 Å². The van der Waals surface area contributed by atoms with Gasteiger partial charge in [0.25, 0.3) is 0 Å². The summed E-state index contributed by atoms with van der Waals surface area (Å²) >= 11 is 5.76. The van der Waals surface area contributed by atoms with E-state index in [2.05, 4.69) is 15.0 Å². The van der Waals surface area contributed by atoms with Gasteiger partial charge in [-0.3, -0.25) is 10.3 Å². The lowest BCUT2D eigenvalue weighted by Crippen LogP contribution is -2.21. The molecule has 0 aromatic heterocycles. The van der Waals surface area contributed by atoms with E-state index in [1.807, 2.05) is 0 Å². The monoisotopic (exact) mass is 452 g/mol. The van der Waals surface area contributed by atoms with Gasteiger partial charge in [-0.2, -0.15) is 13.2 Å². The van der Waals surface area contributed by atoms with Crippen LogP contribution in [-0.2, 0) is 10.9 Å². The highest BCUT2D eigenvalue weighted by atomic mass is 35.5. The summed E-state index contributed by atoms with van der Waals surface area (Å²) in [6, 6.07) is 6.93. The van der Waals surface area contributed by atoms with Crippen molar-refractivity contribution in [3.05, 3.63) is 64.2 Å². The van der Waals surface area contributed by atoms with Crippen LogP contribution in [0.25, 0.3) is 5.57 Å². The van der Waals surface area contributed by atoms with Crippen molar-refractivity contribution in [2.24, 2.45) is 4.99 Å². The highest BCUT2D eigenvalue weighted by molar-refractivity contribution is 6.30. The van der Waals surface area contributed by atoms with E-state index < -0.39 is 35.5 Å². The molecule has 1 heterocycles. The van der Waals surface area contributed by atoms with E-state index in [0.29, 0.717) is 11.1 Å². The van der Waals surface area contributed by atoms with Crippen LogP contribution in [0, 0.1) is 0 Å². The lowest BCUT2D eigenvalue weighted by atomic mass is 9.92. The van der Waals surface area contributed by atoms with Crippen molar-refractivity contribution in [3.63, 3.8) is 0 Å². The maximum atomic E-state index is 13.8. The molecule has 1 aliphatic rings. The number of carbonyl (C=O) groups is 2. The fourth-order valence-corrected chi connectivity index (χ4v) is 3.11. The van der Waals surface area contributed by atoms with E-state index in [-0.39, 0.29) is 22.4 Å². The molecule has 2 aromatic rings. The predicted octanol–water partition coefficient (Wildman–Crippen LogP) is 5.61. The molecule has 0 radical (unpaired) electrons. The molecule has 6 nitrogen and oxygen atoms in total. The van der Waals surface area contributed by atoms with E-state index in [1.165, 1.54) is 36.6 Å². The number of allylic oxidation sites excluding steroid dienone is 1. The summed E-state index contributed by atoms with van der Waals surface area (Å²) in [6.45, 7) is 1.63. The first kappa shape index (κ1) is 22.4. The number of esters is 1. The number of hydrogen-bond donors (Lipinski definition) is 1. The van der Waals surface area contributed by atoms with E-state index >= 15 is 0 Å². The van der Waals surface area contributed by atoms with Crippen LogP contribution in [0.2, 0.25) is 5.02 Å². The molecular weight excluding hydrogens is 437 g/mol. The lowest BCUT2D eigenvalue weighted by Gasteiger charge is -2.20. The fraction of sp³-hybridized carbons (Fsp3) is 0.190. The first-order chi connectivity index (χ1) is 14.6. The number of benzene rings is 2. The van der Waals surface area contributed by atoms with Gasteiger partial charge in [-0.05, 0) is 60.5 Å². The summed E-state index contributed by atoms with van der Waals surface area (Å²) in [6.07, 6.45) is -3.01. The van der Waals surface area contributed by atoms with Gasteiger partial charge in [0.15, 0.2) is 0 Å². The molecule has 1 unspecified atom stereocenters. The Bertz CT molecular complexity index is 1080. The number of anilines is 1. The molecule has 0 fully saturated rings. The summed E-state index contributed by atoms with van der Waals surface area (Å²) in [7, 11) is 1.08. The molecule has 1 N–H and O–H groups in total. The molecule has 0 aliphatic carbocycles. The van der Waals surface area contributed by atoms with Crippen LogP contribution in [0.3, 0.4) is 0 Å². The number of hydrogen-bond acceptors (Lipinski definition) is 5. The van der Waals surface area contributed by atoms with Crippen molar-refractivity contribution in [2.75, 3.05) is 12.4 Å². The molecule has 31 heavy (non-hydrogen) atoms. The van der Waals surface area contributed by atoms with E-state index in [9.17, 15) is 22.8 Å². The van der Waals surface area contributed by atoms with Crippen LogP contribution >= 0.6 is 11.6 Å². The van der Waals surface area contributed by atoms with Crippen LogP contribution in [-0.4, -0.2) is 31.4 Å². The average molecular weight is 453 g/mol. The third-order valence-electron chi connectivity index (χ3n) is 4.45. The molecule has 1 amide bonds. The molecule has 0 saturated carbocycles. The summed E-state index contributed by atoms with van der Waals surface area (Å²) in [5.41, 5.74) is -1.65. The van der Waals surface area contributed by atoms with E-state index in [1.54, 1.807) is 6.92 Å². The zero-order valence-electron chi connectivity index (χ0n) is 16.3. The quantitative estimate of drug-likeness (QED) is 0.611. The summed E-state index contributed by atoms with van der Waals surface area (Å²) in [5.74, 6) is -0.819. The van der Waals surface area contributed by atoms with Crippen molar-refractivity contribution >= 4 is 41.1 Å². The Kier molecular flexibility index (Phi) is 6.35. The number of carbonyl (C=O) groups excluding carboxylic acids is 2. The van der Waals surface area contributed by atoms with Gasteiger partial charge in [-0.15, -0.1) is 0 Å². The first-order valence-electron chi connectivity index (χ1n) is 8.92. The van der Waals surface area contributed by atoms with Crippen molar-refractivity contribution in [3.8, 4) is 5.75 Å². The smallest absolute Gasteiger partial charge is 0.417 e. The number of methoxy groups -OCH3 is 1. The number of ether oxygens (including phenoxy) is 2. The van der Waals surface area contributed by atoms with Crippen molar-refractivity contribution < 1.29 is 32.2 Å². The Hall–Kier alpha value is -3.33. The molecule has 1 atom stereocenters. The third-order valence-corrected chi connectivity index (χ3v) is 4.71. The standard InChI is InChI=1S/C21H16ClF3N2O4/c1-11-14(7-8-26-11)15-9-16(19(28)30-2)18(10-17(15)21(23,24)25)27-20(29)31-13-5-3-12(22)4-6-13/h3-11H,1-2H3,(H,27,29). The highest BCUT2D eigenvalue weighted by Gasteiger charge is 2.37. The van der Waals surface area contributed by atoms with Gasteiger partial charge in [0, 0.05) is 11.2 Å². The van der Waals surface area contributed by atoms with Gasteiger partial charge in [0.2, 0.25) is 0 Å². The number of aliphatic imine (C=N–C) groups is 1. The lowest BCUT2D eigenvalue weighted by molar-refractivity contribution is -0.137. The number of nitrogens with one attached hydrogen (secondary N) is 1. The minimum atomic E-state index is -4.76. The Labute approximate surface area is 180 Å². The van der Waals surface area contributed by atoms with Gasteiger partial charge in [-0.25, -0.2) is 9.59 Å². The van der Waals surface area contributed by atoms with Crippen LogP contribution in [0.15, 0.2) is 47.5 Å². The molecule has 0 saturated heterocycles.